The molecule has 0 aliphatic carbocycles. The van der Waals surface area contributed by atoms with Gasteiger partial charge in [0.05, 0.1) is 0 Å². The molecule has 2 radical (unpaired) electrons. The third kappa shape index (κ3) is 12.3. The second kappa shape index (κ2) is 21.6. The summed E-state index contributed by atoms with van der Waals surface area (Å²) < 4.78 is 0. The zero-order valence-corrected chi connectivity index (χ0v) is 25.3. The molecule has 0 aromatic heterocycles. The molecule has 0 saturated heterocycles. The normalized spacial score (nSPS) is 7.47. The smallest absolute Gasteiger partial charge is 0 e. The van der Waals surface area contributed by atoms with E-state index in [1.54, 1.807) is 0 Å². The molecule has 0 heterocycles. The zero-order valence-electron chi connectivity index (χ0n) is 20.4. The summed E-state index contributed by atoms with van der Waals surface area (Å²) in [5.41, 5.74) is 14.7. The average molecular weight is 623 g/mol. The van der Waals surface area contributed by atoms with Gasteiger partial charge < -0.3 is 67.9 Å². The topological polar surface area (TPSA) is 47.6 Å². The quantitative estimate of drug-likeness (QED) is 0.140. The fraction of sp³-hybridized carbons (Fsp3) is 0.417. The zero-order chi connectivity index (χ0) is 21.2. The molecule has 0 spiro atoms. The molecule has 0 aliphatic rings. The fourth-order valence-electron chi connectivity index (χ4n) is 2.81. The van der Waals surface area contributed by atoms with Crippen molar-refractivity contribution in [3.8, 4) is 10.8 Å². The first-order valence-corrected chi connectivity index (χ1v) is 9.17. The van der Waals surface area contributed by atoms with Gasteiger partial charge in [-0.2, -0.15) is 27.8 Å². The summed E-state index contributed by atoms with van der Waals surface area (Å²) in [6, 6.07) is 0. The van der Waals surface area contributed by atoms with Crippen molar-refractivity contribution in [1.82, 2.24) is 0 Å². The van der Waals surface area contributed by atoms with Gasteiger partial charge in [-0.15, -0.1) is 0 Å². The molecule has 0 amide bonds. The molecule has 6 heteroatoms. The first-order valence-electron chi connectivity index (χ1n) is 8.36. The number of hydrogen-bond acceptors (Lipinski definition) is 4. The Morgan fingerprint density at radius 3 is 0.767 bits per heavy atom. The van der Waals surface area contributed by atoms with Gasteiger partial charge in [-0.3, -0.25) is 0 Å². The first kappa shape index (κ1) is 43.3. The molecule has 0 bridgehead atoms. The fourth-order valence-corrected chi connectivity index (χ4v) is 2.81. The average Bonchev–Trinajstić information content (AvgIpc) is 2.87. The Morgan fingerprint density at radius 2 is 0.700 bits per heavy atom. The van der Waals surface area contributed by atoms with Gasteiger partial charge in [0, 0.05) is 39.0 Å². The van der Waals surface area contributed by atoms with E-state index in [4.69, 9.17) is 10.5 Å². The molecule has 0 fully saturated rings. The van der Waals surface area contributed by atoms with E-state index in [2.05, 4.69) is 94.5 Å². The van der Waals surface area contributed by atoms with E-state index in [1.807, 2.05) is 0 Å². The van der Waals surface area contributed by atoms with Crippen LogP contribution in [0.3, 0.4) is 0 Å². The van der Waals surface area contributed by atoms with Crippen molar-refractivity contribution in [1.29, 1.82) is 10.5 Å². The van der Waals surface area contributed by atoms with E-state index in [1.165, 1.54) is 66.4 Å². The van der Waals surface area contributed by atoms with Crippen LogP contribution in [0.2, 0.25) is 0 Å². The Kier molecular flexibility index (Phi) is 31.2. The number of rotatable bonds is 0. The van der Waals surface area contributed by atoms with E-state index in [0.29, 0.717) is 0 Å². The number of thiocyanates is 2. The number of nitriles is 2. The van der Waals surface area contributed by atoms with Crippen LogP contribution in [-0.4, -0.2) is 0 Å². The minimum absolute atomic E-state index is 0. The van der Waals surface area contributed by atoms with Crippen molar-refractivity contribution in [3.05, 3.63) is 70.5 Å². The van der Waals surface area contributed by atoms with Gasteiger partial charge in [-0.05, 0) is 0 Å². The molecule has 0 unspecified atom stereocenters. The Balaban J connectivity index is -0.0000000689. The summed E-state index contributed by atoms with van der Waals surface area (Å²) in [5, 5.41) is 16.9. The van der Waals surface area contributed by atoms with Crippen LogP contribution in [-0.2, 0) is 64.2 Å². The molecule has 2 nitrogen and oxygen atoms in total. The van der Waals surface area contributed by atoms with E-state index in [-0.39, 0.29) is 53.8 Å². The Hall–Kier alpha value is -0.633. The van der Waals surface area contributed by atoms with Crippen LogP contribution in [0.15, 0.2) is 0 Å². The molecule has 2 rings (SSSR count). The maximum Gasteiger partial charge on any atom is 0 e. The second-order valence-electron chi connectivity index (χ2n) is 6.43. The van der Waals surface area contributed by atoms with Gasteiger partial charge in [0.1, 0.15) is 0 Å². The molecular formula is C24H36N2Rh2S2-10. The summed E-state index contributed by atoms with van der Waals surface area (Å²) in [5.74, 6) is 0. The molecular weight excluding hydrogens is 586 g/mol. The van der Waals surface area contributed by atoms with Crippen molar-refractivity contribution >= 4 is 25.3 Å². The van der Waals surface area contributed by atoms with E-state index in [0.717, 1.165) is 0 Å². The molecule has 2 aromatic carbocycles. The Labute approximate surface area is 223 Å². The van der Waals surface area contributed by atoms with Gasteiger partial charge in [0.15, 0.2) is 0 Å². The van der Waals surface area contributed by atoms with Crippen LogP contribution in [0, 0.1) is 105 Å². The van der Waals surface area contributed by atoms with Crippen LogP contribution < -0.4 is 0 Å². The van der Waals surface area contributed by atoms with Gasteiger partial charge in [-0.25, -0.2) is 45.1 Å². The van der Waals surface area contributed by atoms with E-state index in [9.17, 15) is 0 Å². The van der Waals surface area contributed by atoms with Crippen LogP contribution >= 0.6 is 0 Å². The van der Waals surface area contributed by atoms with E-state index < -0.39 is 0 Å². The largest absolute Gasteiger partial charge is 0.731 e. The summed E-state index contributed by atoms with van der Waals surface area (Å²) in [4.78, 5) is 0. The molecule has 182 valence electrons. The minimum Gasteiger partial charge on any atom is -0.731 e. The van der Waals surface area contributed by atoms with Gasteiger partial charge in [0.25, 0.3) is 0 Å². The SMILES string of the molecule is C[c-]1[c-](C)[c-](C)[c-](C)[c-]1C.Cc1c(C)c(C)[c-](C)c1C.N#C[S-].N#C[S-].[CH3-].[CH3-].[Rh].[Rh]. The maximum atomic E-state index is 7.13. The van der Waals surface area contributed by atoms with Crippen molar-refractivity contribution < 1.29 is 39.0 Å². The third-order valence-electron chi connectivity index (χ3n) is 5.62. The molecule has 2 aromatic rings. The Morgan fingerprint density at radius 1 is 0.567 bits per heavy atom. The van der Waals surface area contributed by atoms with Crippen LogP contribution in [0.4, 0.5) is 0 Å². The minimum atomic E-state index is 0. The summed E-state index contributed by atoms with van der Waals surface area (Å²) in [6.07, 6.45) is 0. The maximum absolute atomic E-state index is 7.13. The summed E-state index contributed by atoms with van der Waals surface area (Å²) in [7, 11) is 0. The van der Waals surface area contributed by atoms with Crippen molar-refractivity contribution in [3.63, 3.8) is 0 Å². The van der Waals surface area contributed by atoms with Crippen LogP contribution in [0.1, 0.15) is 55.6 Å². The third-order valence-corrected chi connectivity index (χ3v) is 5.62. The van der Waals surface area contributed by atoms with Gasteiger partial charge in [-0.1, -0.05) is 45.4 Å². The molecule has 0 aliphatic heterocycles. The van der Waals surface area contributed by atoms with Gasteiger partial charge >= 0.3 is 0 Å². The van der Waals surface area contributed by atoms with Crippen LogP contribution in [0.5, 0.6) is 0 Å². The van der Waals surface area contributed by atoms with Crippen molar-refractivity contribution in [2.45, 2.75) is 69.2 Å². The standard InChI is InChI=1S/2C10H15.2CHNS.2CH3.2Rh/c2*1-6-7(2)9(4)10(5)8(6)3;2*2-1-3;;;;/h2*1-5H3;2*3H;2*1H3;;/q-5;-1;;;2*-1;;/p-2. The first-order chi connectivity index (χ1) is 11.9. The second-order valence-corrected chi connectivity index (χ2v) is 6.80. The van der Waals surface area contributed by atoms with Crippen molar-refractivity contribution in [2.75, 3.05) is 0 Å². The number of nitrogens with zero attached hydrogens (tertiary/aromatic N) is 2. The van der Waals surface area contributed by atoms with Crippen molar-refractivity contribution in [2.24, 2.45) is 0 Å². The Bertz CT molecular complexity index is 576. The monoisotopic (exact) mass is 622 g/mol. The predicted octanol–water partition coefficient (Wildman–Crippen LogP) is 6.82. The molecule has 30 heavy (non-hydrogen) atoms. The van der Waals surface area contributed by atoms with Gasteiger partial charge in [0.2, 0.25) is 0 Å². The molecule has 0 atom stereocenters. The van der Waals surface area contributed by atoms with E-state index >= 15 is 0 Å². The van der Waals surface area contributed by atoms with Crippen LogP contribution in [0.25, 0.3) is 0 Å². The number of hydrogen-bond donors (Lipinski definition) is 0. The molecule has 0 saturated carbocycles. The summed E-state index contributed by atoms with van der Waals surface area (Å²) in [6.45, 7) is 22.0. The summed E-state index contributed by atoms with van der Waals surface area (Å²) >= 11 is 7.40. The molecule has 0 N–H and O–H groups in total. The predicted molar refractivity (Wildman–Crippen MR) is 130 cm³/mol.